The first-order valence-electron chi connectivity index (χ1n) is 10.5. The van der Waals surface area contributed by atoms with Gasteiger partial charge in [-0.05, 0) is 51.0 Å². The summed E-state index contributed by atoms with van der Waals surface area (Å²) in [5, 5.41) is 3.75. The Labute approximate surface area is 188 Å². The van der Waals surface area contributed by atoms with Gasteiger partial charge in [-0.25, -0.2) is 8.42 Å². The predicted molar refractivity (Wildman–Crippen MR) is 119 cm³/mol. The number of amides is 1. The maximum atomic E-state index is 13.1. The van der Waals surface area contributed by atoms with Crippen molar-refractivity contribution < 1.29 is 27.2 Å². The highest BCUT2D eigenvalue weighted by atomic mass is 32.2. The lowest BCUT2D eigenvalue weighted by Gasteiger charge is -2.21. The SMILES string of the molecule is CCOc1cc(/C=C/C(=O)N2CCCN(S(=O)(=O)c3c(C)noc3C)CC2)ccc1OC. The number of ether oxygens (including phenoxy) is 2. The van der Waals surface area contributed by atoms with Crippen molar-refractivity contribution in [3.05, 3.63) is 41.3 Å². The monoisotopic (exact) mass is 463 g/mol. The number of rotatable bonds is 7. The Hall–Kier alpha value is -2.85. The van der Waals surface area contributed by atoms with Gasteiger partial charge in [-0.3, -0.25) is 4.79 Å². The number of hydrogen-bond donors (Lipinski definition) is 0. The number of benzene rings is 1. The van der Waals surface area contributed by atoms with E-state index in [0.717, 1.165) is 5.56 Å². The highest BCUT2D eigenvalue weighted by Gasteiger charge is 2.32. The Morgan fingerprint density at radius 3 is 2.62 bits per heavy atom. The van der Waals surface area contributed by atoms with E-state index >= 15 is 0 Å². The second-order valence-electron chi connectivity index (χ2n) is 7.41. The van der Waals surface area contributed by atoms with Crippen LogP contribution in [-0.2, 0) is 14.8 Å². The van der Waals surface area contributed by atoms with Crippen molar-refractivity contribution in [3.8, 4) is 11.5 Å². The van der Waals surface area contributed by atoms with Crippen LogP contribution in [0.4, 0.5) is 0 Å². The summed E-state index contributed by atoms with van der Waals surface area (Å²) in [4.78, 5) is 14.5. The molecule has 0 unspecified atom stereocenters. The van der Waals surface area contributed by atoms with Crippen molar-refractivity contribution in [1.82, 2.24) is 14.4 Å². The van der Waals surface area contributed by atoms with Gasteiger partial charge in [0.05, 0.1) is 13.7 Å². The first kappa shape index (κ1) is 23.8. The molecule has 0 spiro atoms. The number of carbonyl (C=O) groups excluding carboxylic acids is 1. The van der Waals surface area contributed by atoms with Gasteiger partial charge in [0.25, 0.3) is 0 Å². The predicted octanol–water partition coefficient (Wildman–Crippen LogP) is 2.64. The van der Waals surface area contributed by atoms with Gasteiger partial charge in [-0.2, -0.15) is 4.31 Å². The minimum Gasteiger partial charge on any atom is -0.493 e. The van der Waals surface area contributed by atoms with E-state index in [4.69, 9.17) is 14.0 Å². The van der Waals surface area contributed by atoms with Gasteiger partial charge >= 0.3 is 0 Å². The molecule has 2 aromatic rings. The second-order valence-corrected chi connectivity index (χ2v) is 9.29. The molecule has 1 aromatic carbocycles. The van der Waals surface area contributed by atoms with Gasteiger partial charge in [0, 0.05) is 32.3 Å². The van der Waals surface area contributed by atoms with Crippen LogP contribution in [0.3, 0.4) is 0 Å². The molecule has 1 saturated heterocycles. The molecule has 1 aliphatic heterocycles. The smallest absolute Gasteiger partial charge is 0.248 e. The molecule has 9 nitrogen and oxygen atoms in total. The molecule has 0 saturated carbocycles. The van der Waals surface area contributed by atoms with E-state index in [9.17, 15) is 13.2 Å². The average molecular weight is 464 g/mol. The van der Waals surface area contributed by atoms with Crippen molar-refractivity contribution in [2.75, 3.05) is 39.9 Å². The summed E-state index contributed by atoms with van der Waals surface area (Å²) in [6, 6.07) is 5.44. The third-order valence-electron chi connectivity index (χ3n) is 5.24. The largest absolute Gasteiger partial charge is 0.493 e. The molecule has 0 atom stereocenters. The molecule has 0 aliphatic carbocycles. The second kappa shape index (κ2) is 10.2. The van der Waals surface area contributed by atoms with Crippen LogP contribution in [-0.4, -0.2) is 68.6 Å². The minimum atomic E-state index is -3.73. The molecule has 1 aliphatic rings. The molecule has 32 heavy (non-hydrogen) atoms. The molecule has 1 fully saturated rings. The van der Waals surface area contributed by atoms with Crippen LogP contribution in [0.15, 0.2) is 33.7 Å². The third kappa shape index (κ3) is 5.13. The lowest BCUT2D eigenvalue weighted by atomic mass is 10.2. The average Bonchev–Trinajstić information content (AvgIpc) is 2.96. The van der Waals surface area contributed by atoms with E-state index in [2.05, 4.69) is 5.16 Å². The van der Waals surface area contributed by atoms with Gasteiger partial charge in [0.1, 0.15) is 10.6 Å². The van der Waals surface area contributed by atoms with Gasteiger partial charge in [-0.15, -0.1) is 0 Å². The first-order chi connectivity index (χ1) is 15.3. The van der Waals surface area contributed by atoms with E-state index in [1.165, 1.54) is 10.4 Å². The summed E-state index contributed by atoms with van der Waals surface area (Å²) < 4.78 is 43.4. The molecule has 3 rings (SSSR count). The Morgan fingerprint density at radius 1 is 1.19 bits per heavy atom. The fourth-order valence-corrected chi connectivity index (χ4v) is 5.43. The van der Waals surface area contributed by atoms with Crippen LogP contribution in [0.1, 0.15) is 30.4 Å². The zero-order valence-electron chi connectivity index (χ0n) is 18.8. The number of hydrogen-bond acceptors (Lipinski definition) is 7. The number of carbonyl (C=O) groups is 1. The van der Waals surface area contributed by atoms with E-state index in [-0.39, 0.29) is 23.1 Å². The van der Waals surface area contributed by atoms with Crippen molar-refractivity contribution in [1.29, 1.82) is 0 Å². The van der Waals surface area contributed by atoms with Crippen LogP contribution >= 0.6 is 0 Å². The van der Waals surface area contributed by atoms with Crippen LogP contribution < -0.4 is 9.47 Å². The molecule has 2 heterocycles. The molecule has 174 valence electrons. The zero-order valence-corrected chi connectivity index (χ0v) is 19.6. The van der Waals surface area contributed by atoms with Crippen LogP contribution in [0.5, 0.6) is 11.5 Å². The Morgan fingerprint density at radius 2 is 1.97 bits per heavy atom. The summed E-state index contributed by atoms with van der Waals surface area (Å²) in [6.07, 6.45) is 3.75. The molecule has 0 radical (unpaired) electrons. The fraction of sp³-hybridized carbons (Fsp3) is 0.455. The number of methoxy groups -OCH3 is 1. The normalized spacial score (nSPS) is 15.7. The number of nitrogens with zero attached hydrogens (tertiary/aromatic N) is 3. The quantitative estimate of drug-likeness (QED) is 0.582. The molecule has 0 N–H and O–H groups in total. The maximum absolute atomic E-state index is 13.1. The molecule has 1 aromatic heterocycles. The number of aryl methyl sites for hydroxylation is 2. The molecular formula is C22H29N3O6S. The third-order valence-corrected chi connectivity index (χ3v) is 7.38. The van der Waals surface area contributed by atoms with Crippen LogP contribution in [0, 0.1) is 13.8 Å². The first-order valence-corrected chi connectivity index (χ1v) is 11.9. The van der Waals surface area contributed by atoms with E-state index in [1.54, 1.807) is 38.0 Å². The lowest BCUT2D eigenvalue weighted by Crippen LogP contribution is -2.37. The van der Waals surface area contributed by atoms with E-state index < -0.39 is 10.0 Å². The van der Waals surface area contributed by atoms with Crippen molar-refractivity contribution in [2.45, 2.75) is 32.1 Å². The highest BCUT2D eigenvalue weighted by molar-refractivity contribution is 7.89. The summed E-state index contributed by atoms with van der Waals surface area (Å²) in [7, 11) is -2.15. The van der Waals surface area contributed by atoms with Gasteiger partial charge in [-0.1, -0.05) is 11.2 Å². The van der Waals surface area contributed by atoms with E-state index in [1.807, 2.05) is 19.1 Å². The fourth-order valence-electron chi connectivity index (χ4n) is 3.66. The Kier molecular flexibility index (Phi) is 7.57. The van der Waals surface area contributed by atoms with Gasteiger partial charge < -0.3 is 18.9 Å². The van der Waals surface area contributed by atoms with Crippen molar-refractivity contribution in [2.24, 2.45) is 0 Å². The number of sulfonamides is 1. The summed E-state index contributed by atoms with van der Waals surface area (Å²) in [6.45, 7) is 6.91. The minimum absolute atomic E-state index is 0.113. The van der Waals surface area contributed by atoms with E-state index in [0.29, 0.717) is 49.9 Å². The Bertz CT molecular complexity index is 1070. The highest BCUT2D eigenvalue weighted by Crippen LogP contribution is 2.28. The van der Waals surface area contributed by atoms with Crippen LogP contribution in [0.2, 0.25) is 0 Å². The van der Waals surface area contributed by atoms with Gasteiger partial charge in [0.2, 0.25) is 15.9 Å². The molecular weight excluding hydrogens is 434 g/mol. The summed E-state index contributed by atoms with van der Waals surface area (Å²) in [5.74, 6) is 1.34. The maximum Gasteiger partial charge on any atom is 0.248 e. The zero-order chi connectivity index (χ0) is 23.3. The topological polar surface area (TPSA) is 102 Å². The van der Waals surface area contributed by atoms with Crippen LogP contribution in [0.25, 0.3) is 6.08 Å². The van der Waals surface area contributed by atoms with Crippen molar-refractivity contribution in [3.63, 3.8) is 0 Å². The molecule has 10 heteroatoms. The standard InChI is InChI=1S/C22H29N3O6S/c1-5-30-20-15-18(7-9-19(20)29-4)8-10-21(26)24-11-6-12-25(14-13-24)32(27,28)22-16(2)23-31-17(22)3/h7-10,15H,5-6,11-14H2,1-4H3/b10-8+. The van der Waals surface area contributed by atoms with Gasteiger partial charge in [0.15, 0.2) is 17.3 Å². The molecule has 0 bridgehead atoms. The number of aromatic nitrogens is 1. The summed E-state index contributed by atoms with van der Waals surface area (Å²) >= 11 is 0. The lowest BCUT2D eigenvalue weighted by molar-refractivity contribution is -0.125. The Balaban J connectivity index is 1.68. The molecule has 1 amide bonds. The summed E-state index contributed by atoms with van der Waals surface area (Å²) in [5.41, 5.74) is 1.15. The van der Waals surface area contributed by atoms with Crippen molar-refractivity contribution >= 4 is 22.0 Å².